The van der Waals surface area contributed by atoms with E-state index in [1.54, 1.807) is 6.07 Å². The predicted molar refractivity (Wildman–Crippen MR) is 114 cm³/mol. The summed E-state index contributed by atoms with van der Waals surface area (Å²) in [6, 6.07) is 14.6. The molecule has 1 amide bonds. The lowest BCUT2D eigenvalue weighted by atomic mass is 10.1. The Hall–Kier alpha value is -3.19. The Bertz CT molecular complexity index is 1080. The highest BCUT2D eigenvalue weighted by atomic mass is 35.5. The third-order valence-electron chi connectivity index (χ3n) is 4.30. The molecule has 156 valence electrons. The van der Waals surface area contributed by atoms with Gasteiger partial charge in [-0.3, -0.25) is 9.59 Å². The summed E-state index contributed by atoms with van der Waals surface area (Å²) in [5, 5.41) is 6.99. The summed E-state index contributed by atoms with van der Waals surface area (Å²) >= 11 is 5.71. The number of halogens is 2. The van der Waals surface area contributed by atoms with Crippen molar-refractivity contribution < 1.29 is 13.9 Å². The van der Waals surface area contributed by atoms with Crippen LogP contribution in [0.3, 0.4) is 0 Å². The molecule has 0 aliphatic rings. The third kappa shape index (κ3) is 5.67. The molecule has 3 aromatic rings. The van der Waals surface area contributed by atoms with Gasteiger partial charge in [-0.1, -0.05) is 11.6 Å². The maximum absolute atomic E-state index is 13.2. The fraction of sp³-hybridized carbons (Fsp3) is 0.227. The Kier molecular flexibility index (Phi) is 7.19. The van der Waals surface area contributed by atoms with Gasteiger partial charge in [-0.25, -0.2) is 9.07 Å². The Balaban J connectivity index is 1.59. The Morgan fingerprint density at radius 3 is 2.63 bits per heavy atom. The van der Waals surface area contributed by atoms with Crippen LogP contribution in [-0.2, 0) is 11.3 Å². The third-order valence-corrected chi connectivity index (χ3v) is 4.59. The normalized spacial score (nSPS) is 10.6. The molecule has 1 heterocycles. The Labute approximate surface area is 178 Å². The summed E-state index contributed by atoms with van der Waals surface area (Å²) in [6.07, 6.45) is 0.594. The van der Waals surface area contributed by atoms with Crippen molar-refractivity contribution in [2.75, 3.05) is 11.9 Å². The van der Waals surface area contributed by atoms with Crippen molar-refractivity contribution in [3.63, 3.8) is 0 Å². The largest absolute Gasteiger partial charge is 0.494 e. The molecule has 0 bridgehead atoms. The van der Waals surface area contributed by atoms with Gasteiger partial charge in [0.2, 0.25) is 5.91 Å². The monoisotopic (exact) mass is 429 g/mol. The molecular formula is C22H21ClFN3O3. The second-order valence-corrected chi connectivity index (χ2v) is 6.93. The van der Waals surface area contributed by atoms with E-state index in [1.165, 1.54) is 28.9 Å². The van der Waals surface area contributed by atoms with Crippen LogP contribution in [0.25, 0.3) is 11.3 Å². The van der Waals surface area contributed by atoms with Crippen molar-refractivity contribution in [2.24, 2.45) is 0 Å². The molecule has 1 N–H and O–H groups in total. The molecule has 0 aliphatic carbocycles. The molecule has 0 radical (unpaired) electrons. The molecule has 1 aromatic heterocycles. The number of ether oxygens (including phenoxy) is 1. The van der Waals surface area contributed by atoms with E-state index in [-0.39, 0.29) is 22.9 Å². The second kappa shape index (κ2) is 10.0. The summed E-state index contributed by atoms with van der Waals surface area (Å²) in [5.41, 5.74) is 1.69. The number of benzene rings is 2. The van der Waals surface area contributed by atoms with Gasteiger partial charge < -0.3 is 10.1 Å². The van der Waals surface area contributed by atoms with Crippen molar-refractivity contribution in [3.8, 4) is 17.0 Å². The van der Waals surface area contributed by atoms with E-state index in [0.29, 0.717) is 31.0 Å². The van der Waals surface area contributed by atoms with Gasteiger partial charge in [0, 0.05) is 30.3 Å². The lowest BCUT2D eigenvalue weighted by Gasteiger charge is -2.09. The number of hydrogen-bond donors (Lipinski definition) is 1. The second-order valence-electron chi connectivity index (χ2n) is 6.52. The van der Waals surface area contributed by atoms with Crippen molar-refractivity contribution in [1.82, 2.24) is 9.78 Å². The highest BCUT2D eigenvalue weighted by Crippen LogP contribution is 2.21. The number of carbonyl (C=O) groups is 1. The van der Waals surface area contributed by atoms with Crippen LogP contribution in [0.15, 0.2) is 59.4 Å². The molecule has 8 heteroatoms. The van der Waals surface area contributed by atoms with Crippen LogP contribution in [0, 0.1) is 5.82 Å². The number of aryl methyl sites for hydroxylation is 1. The van der Waals surface area contributed by atoms with Crippen LogP contribution < -0.4 is 15.6 Å². The van der Waals surface area contributed by atoms with Crippen LogP contribution in [0.2, 0.25) is 5.02 Å². The fourth-order valence-corrected chi connectivity index (χ4v) is 3.02. The molecule has 0 fully saturated rings. The molecule has 0 saturated heterocycles. The Morgan fingerprint density at radius 2 is 1.93 bits per heavy atom. The molecule has 30 heavy (non-hydrogen) atoms. The van der Waals surface area contributed by atoms with E-state index in [4.69, 9.17) is 16.3 Å². The van der Waals surface area contributed by atoms with Crippen molar-refractivity contribution >= 4 is 23.2 Å². The molecule has 3 rings (SSSR count). The van der Waals surface area contributed by atoms with Crippen LogP contribution >= 0.6 is 11.6 Å². The summed E-state index contributed by atoms with van der Waals surface area (Å²) in [6.45, 7) is 2.80. The standard InChI is InChI=1S/C22H21ClFN3O3/c1-2-30-17-8-5-15(6-9-17)20-11-12-22(29)27(26-20)13-3-4-21(28)25-16-7-10-19(24)18(23)14-16/h5-12,14H,2-4,13H2,1H3,(H,25,28). The SMILES string of the molecule is CCOc1ccc(-c2ccc(=O)n(CCCC(=O)Nc3ccc(F)c(Cl)c3)n2)cc1. The first-order valence-electron chi connectivity index (χ1n) is 9.52. The average Bonchev–Trinajstić information content (AvgIpc) is 2.73. The minimum atomic E-state index is -0.549. The zero-order valence-corrected chi connectivity index (χ0v) is 17.2. The quantitative estimate of drug-likeness (QED) is 0.571. The van der Waals surface area contributed by atoms with E-state index >= 15 is 0 Å². The number of nitrogens with zero attached hydrogens (tertiary/aromatic N) is 2. The maximum Gasteiger partial charge on any atom is 0.266 e. The van der Waals surface area contributed by atoms with Gasteiger partial charge in [0.15, 0.2) is 0 Å². The Morgan fingerprint density at radius 1 is 1.17 bits per heavy atom. The van der Waals surface area contributed by atoms with Gasteiger partial charge in [0.05, 0.1) is 17.3 Å². The van der Waals surface area contributed by atoms with Gasteiger partial charge in [-0.15, -0.1) is 0 Å². The van der Waals surface area contributed by atoms with Crippen LogP contribution in [0.4, 0.5) is 10.1 Å². The van der Waals surface area contributed by atoms with Gasteiger partial charge in [0.25, 0.3) is 5.56 Å². The van der Waals surface area contributed by atoms with E-state index in [0.717, 1.165) is 11.3 Å². The minimum Gasteiger partial charge on any atom is -0.494 e. The molecule has 0 saturated carbocycles. The summed E-state index contributed by atoms with van der Waals surface area (Å²) in [7, 11) is 0. The highest BCUT2D eigenvalue weighted by molar-refractivity contribution is 6.31. The van der Waals surface area contributed by atoms with E-state index < -0.39 is 5.82 Å². The number of nitrogens with one attached hydrogen (secondary N) is 1. The number of carbonyl (C=O) groups excluding carboxylic acids is 1. The van der Waals surface area contributed by atoms with Crippen molar-refractivity contribution in [3.05, 3.63) is 75.8 Å². The molecule has 6 nitrogen and oxygen atoms in total. The van der Waals surface area contributed by atoms with Crippen LogP contribution in [0.1, 0.15) is 19.8 Å². The predicted octanol–water partition coefficient (Wildman–Crippen LogP) is 4.52. The summed E-state index contributed by atoms with van der Waals surface area (Å²) < 4.78 is 20.0. The first kappa shape index (κ1) is 21.5. The van der Waals surface area contributed by atoms with Gasteiger partial charge >= 0.3 is 0 Å². The number of rotatable bonds is 8. The number of aromatic nitrogens is 2. The topological polar surface area (TPSA) is 73.2 Å². The van der Waals surface area contributed by atoms with Gasteiger partial charge in [0.1, 0.15) is 11.6 Å². The molecule has 0 atom stereocenters. The number of anilines is 1. The first-order chi connectivity index (χ1) is 14.5. The average molecular weight is 430 g/mol. The summed E-state index contributed by atoms with van der Waals surface area (Å²) in [5.74, 6) is -0.0380. The zero-order chi connectivity index (χ0) is 21.5. The lowest BCUT2D eigenvalue weighted by Crippen LogP contribution is -2.23. The molecule has 2 aromatic carbocycles. The molecule has 0 unspecified atom stereocenters. The van der Waals surface area contributed by atoms with Gasteiger partial charge in [-0.2, -0.15) is 5.10 Å². The molecule has 0 aliphatic heterocycles. The number of hydrogen-bond acceptors (Lipinski definition) is 4. The van der Waals surface area contributed by atoms with E-state index in [9.17, 15) is 14.0 Å². The maximum atomic E-state index is 13.2. The zero-order valence-electron chi connectivity index (χ0n) is 16.4. The van der Waals surface area contributed by atoms with Crippen LogP contribution in [-0.4, -0.2) is 22.3 Å². The highest BCUT2D eigenvalue weighted by Gasteiger charge is 2.08. The fourth-order valence-electron chi connectivity index (χ4n) is 2.84. The van der Waals surface area contributed by atoms with Gasteiger partial charge in [-0.05, 0) is 61.9 Å². The van der Waals surface area contributed by atoms with E-state index in [2.05, 4.69) is 10.4 Å². The minimum absolute atomic E-state index is 0.0605. The smallest absolute Gasteiger partial charge is 0.266 e. The van der Waals surface area contributed by atoms with Crippen molar-refractivity contribution in [2.45, 2.75) is 26.3 Å². The molecule has 0 spiro atoms. The first-order valence-corrected chi connectivity index (χ1v) is 9.90. The lowest BCUT2D eigenvalue weighted by molar-refractivity contribution is -0.116. The number of amides is 1. The van der Waals surface area contributed by atoms with E-state index in [1.807, 2.05) is 31.2 Å². The van der Waals surface area contributed by atoms with Crippen molar-refractivity contribution in [1.29, 1.82) is 0 Å². The summed E-state index contributed by atoms with van der Waals surface area (Å²) in [4.78, 5) is 24.2. The molecular weight excluding hydrogens is 409 g/mol. The van der Waals surface area contributed by atoms with Crippen LogP contribution in [0.5, 0.6) is 5.75 Å².